The Kier molecular flexibility index (Phi) is 6.02. The first-order valence-corrected chi connectivity index (χ1v) is 10.4. The Morgan fingerprint density at radius 3 is 2.55 bits per heavy atom. The van der Waals surface area contributed by atoms with Gasteiger partial charge in [0.15, 0.2) is 0 Å². The molecule has 7 heteroatoms. The maximum Gasteiger partial charge on any atom is 0.220 e. The van der Waals surface area contributed by atoms with E-state index in [1.165, 1.54) is 6.42 Å². The van der Waals surface area contributed by atoms with Crippen molar-refractivity contribution in [2.45, 2.75) is 45.2 Å². The molecule has 29 heavy (non-hydrogen) atoms. The summed E-state index contributed by atoms with van der Waals surface area (Å²) in [4.78, 5) is 20.3. The van der Waals surface area contributed by atoms with E-state index in [-0.39, 0.29) is 6.04 Å². The minimum atomic E-state index is 0.172. The van der Waals surface area contributed by atoms with E-state index in [1.807, 2.05) is 42.9 Å². The Hall–Kier alpha value is -2.57. The number of hydrogen-bond donors (Lipinski definition) is 1. The second-order valence-electron chi connectivity index (χ2n) is 7.38. The van der Waals surface area contributed by atoms with Crippen LogP contribution in [-0.4, -0.2) is 31.4 Å². The number of nitrogens with zero attached hydrogens (tertiary/aromatic N) is 5. The van der Waals surface area contributed by atoms with Crippen LogP contribution in [0, 0.1) is 0 Å². The predicted molar refractivity (Wildman–Crippen MR) is 115 cm³/mol. The Morgan fingerprint density at radius 1 is 1.07 bits per heavy atom. The Bertz CT molecular complexity index is 958. The molecule has 0 amide bonds. The van der Waals surface area contributed by atoms with Crippen molar-refractivity contribution in [2.75, 3.05) is 12.3 Å². The number of anilines is 1. The summed E-state index contributed by atoms with van der Waals surface area (Å²) in [6, 6.07) is 7.96. The second kappa shape index (κ2) is 8.84. The third kappa shape index (κ3) is 4.54. The van der Waals surface area contributed by atoms with E-state index in [2.05, 4.69) is 31.8 Å². The number of likely N-dealkylation sites (tertiary alicyclic amines) is 1. The van der Waals surface area contributed by atoms with Crippen LogP contribution in [-0.2, 0) is 13.0 Å². The minimum absolute atomic E-state index is 0.172. The molecule has 1 atom stereocenters. The molecule has 3 heterocycles. The SMILES string of the molecule is CCc1ncc(CN2CCCC[C@H]2c2nc(N)ncc2-c2ccc(Cl)cc2)cn1. The highest BCUT2D eigenvalue weighted by molar-refractivity contribution is 6.30. The summed E-state index contributed by atoms with van der Waals surface area (Å²) >= 11 is 6.08. The van der Waals surface area contributed by atoms with Crippen molar-refractivity contribution >= 4 is 17.5 Å². The lowest BCUT2D eigenvalue weighted by molar-refractivity contribution is 0.137. The van der Waals surface area contributed by atoms with Crippen LogP contribution in [0.4, 0.5) is 5.95 Å². The molecule has 150 valence electrons. The van der Waals surface area contributed by atoms with E-state index in [1.54, 1.807) is 0 Å². The number of nitrogen functional groups attached to an aromatic ring is 1. The summed E-state index contributed by atoms with van der Waals surface area (Å²) in [5, 5.41) is 0.710. The van der Waals surface area contributed by atoms with Crippen molar-refractivity contribution in [3.05, 3.63) is 65.0 Å². The molecule has 3 aromatic rings. The summed E-state index contributed by atoms with van der Waals surface area (Å²) in [5.41, 5.74) is 10.1. The van der Waals surface area contributed by atoms with Gasteiger partial charge in [0.25, 0.3) is 0 Å². The van der Waals surface area contributed by atoms with E-state index in [9.17, 15) is 0 Å². The van der Waals surface area contributed by atoms with Crippen LogP contribution in [0.25, 0.3) is 11.1 Å². The number of halogens is 1. The van der Waals surface area contributed by atoms with E-state index in [0.29, 0.717) is 11.0 Å². The van der Waals surface area contributed by atoms with Crippen molar-refractivity contribution in [1.82, 2.24) is 24.8 Å². The highest BCUT2D eigenvalue weighted by atomic mass is 35.5. The smallest absolute Gasteiger partial charge is 0.220 e. The van der Waals surface area contributed by atoms with E-state index >= 15 is 0 Å². The number of rotatable bonds is 5. The average Bonchev–Trinajstić information content (AvgIpc) is 2.75. The van der Waals surface area contributed by atoms with Gasteiger partial charge in [-0.05, 0) is 37.1 Å². The van der Waals surface area contributed by atoms with E-state index in [0.717, 1.165) is 60.6 Å². The highest BCUT2D eigenvalue weighted by Gasteiger charge is 2.28. The standard InChI is InChI=1S/C22H25ClN6/c1-2-20-25-11-15(12-26-20)14-29-10-4-3-5-19(29)21-18(13-27-22(24)28-21)16-6-8-17(23)9-7-16/h6-9,11-13,19H,2-5,10,14H2,1H3,(H2,24,27,28)/t19-/m0/s1. The van der Waals surface area contributed by atoms with Gasteiger partial charge < -0.3 is 5.73 Å². The Labute approximate surface area is 176 Å². The first-order chi connectivity index (χ1) is 14.1. The third-order valence-corrected chi connectivity index (χ3v) is 5.63. The second-order valence-corrected chi connectivity index (χ2v) is 7.81. The molecule has 0 aliphatic carbocycles. The van der Waals surface area contributed by atoms with Crippen LogP contribution >= 0.6 is 11.6 Å². The van der Waals surface area contributed by atoms with Gasteiger partial charge in [0.1, 0.15) is 5.82 Å². The number of nitrogens with two attached hydrogens (primary N) is 1. The number of aryl methyl sites for hydroxylation is 1. The van der Waals surface area contributed by atoms with Crippen molar-refractivity contribution in [2.24, 2.45) is 0 Å². The molecule has 1 saturated heterocycles. The fourth-order valence-corrected chi connectivity index (χ4v) is 4.01. The van der Waals surface area contributed by atoms with E-state index < -0.39 is 0 Å². The van der Waals surface area contributed by atoms with Crippen LogP contribution in [0.15, 0.2) is 42.9 Å². The monoisotopic (exact) mass is 408 g/mol. The van der Waals surface area contributed by atoms with Crippen LogP contribution in [0.5, 0.6) is 0 Å². The predicted octanol–water partition coefficient (Wildman–Crippen LogP) is 4.46. The fourth-order valence-electron chi connectivity index (χ4n) is 3.89. The Morgan fingerprint density at radius 2 is 1.83 bits per heavy atom. The lowest BCUT2D eigenvalue weighted by Crippen LogP contribution is -2.34. The molecule has 0 radical (unpaired) electrons. The Balaban J connectivity index is 1.67. The van der Waals surface area contributed by atoms with Crippen molar-refractivity contribution in [3.63, 3.8) is 0 Å². The number of aromatic nitrogens is 4. The normalized spacial score (nSPS) is 17.4. The van der Waals surface area contributed by atoms with Gasteiger partial charge in [-0.25, -0.2) is 19.9 Å². The van der Waals surface area contributed by atoms with E-state index in [4.69, 9.17) is 17.3 Å². The third-order valence-electron chi connectivity index (χ3n) is 5.38. The van der Waals surface area contributed by atoms with Crippen molar-refractivity contribution < 1.29 is 0 Å². The van der Waals surface area contributed by atoms with Crippen LogP contribution in [0.3, 0.4) is 0 Å². The molecule has 0 spiro atoms. The summed E-state index contributed by atoms with van der Waals surface area (Å²) in [7, 11) is 0. The van der Waals surface area contributed by atoms with Gasteiger partial charge >= 0.3 is 0 Å². The van der Waals surface area contributed by atoms with Crippen LogP contribution < -0.4 is 5.73 Å². The van der Waals surface area contributed by atoms with Gasteiger partial charge in [0.2, 0.25) is 5.95 Å². The van der Waals surface area contributed by atoms with Gasteiger partial charge in [-0.1, -0.05) is 37.1 Å². The van der Waals surface area contributed by atoms with Crippen molar-refractivity contribution in [1.29, 1.82) is 0 Å². The quantitative estimate of drug-likeness (QED) is 0.671. The van der Waals surface area contributed by atoms with Gasteiger partial charge in [-0.3, -0.25) is 4.90 Å². The minimum Gasteiger partial charge on any atom is -0.368 e. The average molecular weight is 409 g/mol. The van der Waals surface area contributed by atoms with Gasteiger partial charge in [0, 0.05) is 47.7 Å². The lowest BCUT2D eigenvalue weighted by Gasteiger charge is -2.36. The molecule has 2 aromatic heterocycles. The first kappa shape index (κ1) is 19.7. The van der Waals surface area contributed by atoms with Crippen LogP contribution in [0.2, 0.25) is 5.02 Å². The van der Waals surface area contributed by atoms with Crippen LogP contribution in [0.1, 0.15) is 49.3 Å². The maximum atomic E-state index is 6.08. The molecule has 0 unspecified atom stereocenters. The number of hydrogen-bond acceptors (Lipinski definition) is 6. The highest BCUT2D eigenvalue weighted by Crippen LogP contribution is 2.36. The summed E-state index contributed by atoms with van der Waals surface area (Å²) in [5.74, 6) is 1.18. The zero-order valence-corrected chi connectivity index (χ0v) is 17.3. The van der Waals surface area contributed by atoms with Gasteiger partial charge in [-0.2, -0.15) is 0 Å². The largest absolute Gasteiger partial charge is 0.368 e. The maximum absolute atomic E-state index is 6.08. The summed E-state index contributed by atoms with van der Waals surface area (Å²) in [6.07, 6.45) is 9.91. The molecule has 6 nitrogen and oxygen atoms in total. The molecule has 0 saturated carbocycles. The molecule has 1 aliphatic rings. The van der Waals surface area contributed by atoms with Gasteiger partial charge in [0.05, 0.1) is 11.7 Å². The molecule has 0 bridgehead atoms. The number of benzene rings is 1. The zero-order chi connectivity index (χ0) is 20.2. The molecular formula is C22H25ClN6. The van der Waals surface area contributed by atoms with Crippen molar-refractivity contribution in [3.8, 4) is 11.1 Å². The molecule has 4 rings (SSSR count). The van der Waals surface area contributed by atoms with Gasteiger partial charge in [-0.15, -0.1) is 0 Å². The zero-order valence-electron chi connectivity index (χ0n) is 16.6. The number of piperidine rings is 1. The molecule has 2 N–H and O–H groups in total. The fraction of sp³-hybridized carbons (Fsp3) is 0.364. The topological polar surface area (TPSA) is 80.8 Å². The molecule has 1 aromatic carbocycles. The molecular weight excluding hydrogens is 384 g/mol. The molecule has 1 aliphatic heterocycles. The summed E-state index contributed by atoms with van der Waals surface area (Å²) < 4.78 is 0. The lowest BCUT2D eigenvalue weighted by atomic mass is 9.93. The molecule has 1 fully saturated rings. The summed E-state index contributed by atoms with van der Waals surface area (Å²) in [6.45, 7) is 3.86. The first-order valence-electron chi connectivity index (χ1n) is 10.1.